The molecular weight excluding hydrogens is 440 g/mol. The number of hydrogen-bond donors (Lipinski definition) is 1. The molecule has 3 aliphatic heterocycles. The van der Waals surface area contributed by atoms with Crippen LogP contribution in [0.5, 0.6) is 5.75 Å². The maximum Gasteiger partial charge on any atom is 0.236 e. The number of carbonyl (C=O) groups excluding carboxylic acids is 2. The molecule has 7 nitrogen and oxygen atoms in total. The van der Waals surface area contributed by atoms with Crippen LogP contribution >= 0.6 is 0 Å². The Balaban J connectivity index is 1.34. The van der Waals surface area contributed by atoms with E-state index in [-0.39, 0.29) is 23.7 Å². The first-order chi connectivity index (χ1) is 17.0. The highest BCUT2D eigenvalue weighted by atomic mass is 16.5. The third kappa shape index (κ3) is 6.44. The standard InChI is InChI=1S/C28H40N4O3/c1-30-13-11-25(12-14-30)32-19-23-5-2-3-7-26(23)35-16-4-6-22-18-31(28(34)20-32)15-10-21(22)17-27(33)29-24-8-9-24/h2-7,21-22,24-25H,8-20H2,1H3,(H,29,33)/b6-4+/t21-,22-/m0/s1. The van der Waals surface area contributed by atoms with Gasteiger partial charge in [0.25, 0.3) is 0 Å². The Morgan fingerprint density at radius 1 is 1.06 bits per heavy atom. The number of nitrogens with one attached hydrogen (secondary N) is 1. The van der Waals surface area contributed by atoms with E-state index in [4.69, 9.17) is 4.74 Å². The molecule has 190 valence electrons. The van der Waals surface area contributed by atoms with Gasteiger partial charge < -0.3 is 19.9 Å². The van der Waals surface area contributed by atoms with Crippen LogP contribution in [0.1, 0.15) is 44.1 Å². The molecule has 2 atom stereocenters. The number of likely N-dealkylation sites (tertiary alicyclic amines) is 1. The second kappa shape index (κ2) is 11.1. The van der Waals surface area contributed by atoms with Crippen molar-refractivity contribution < 1.29 is 14.3 Å². The lowest BCUT2D eigenvalue weighted by molar-refractivity contribution is -0.136. The summed E-state index contributed by atoms with van der Waals surface area (Å²) in [6.07, 6.45) is 10.0. The van der Waals surface area contributed by atoms with Crippen LogP contribution < -0.4 is 10.1 Å². The van der Waals surface area contributed by atoms with E-state index in [0.717, 1.165) is 69.6 Å². The highest BCUT2D eigenvalue weighted by molar-refractivity contribution is 5.79. The van der Waals surface area contributed by atoms with Crippen LogP contribution in [0.3, 0.4) is 0 Å². The number of ether oxygens (including phenoxy) is 1. The van der Waals surface area contributed by atoms with Crippen molar-refractivity contribution in [3.8, 4) is 5.75 Å². The fourth-order valence-electron chi connectivity index (χ4n) is 5.79. The van der Waals surface area contributed by atoms with Gasteiger partial charge in [-0.05, 0) is 70.1 Å². The third-order valence-corrected chi connectivity index (χ3v) is 8.16. The minimum absolute atomic E-state index is 0.159. The number of para-hydroxylation sites is 1. The molecule has 0 aromatic heterocycles. The quantitative estimate of drug-likeness (QED) is 0.672. The predicted molar refractivity (Wildman–Crippen MR) is 136 cm³/mol. The molecule has 0 radical (unpaired) electrons. The van der Waals surface area contributed by atoms with Crippen molar-refractivity contribution in [1.82, 2.24) is 20.0 Å². The first kappa shape index (κ1) is 24.3. The number of nitrogens with zero attached hydrogens (tertiary/aromatic N) is 3. The van der Waals surface area contributed by atoms with Crippen molar-refractivity contribution in [2.75, 3.05) is 46.4 Å². The lowest BCUT2D eigenvalue weighted by Crippen LogP contribution is -2.51. The largest absolute Gasteiger partial charge is 0.489 e. The molecule has 1 aromatic rings. The second-order valence-electron chi connectivity index (χ2n) is 10.9. The van der Waals surface area contributed by atoms with Gasteiger partial charge in [-0.1, -0.05) is 30.4 Å². The number of piperidine rings is 2. The van der Waals surface area contributed by atoms with Gasteiger partial charge in [0.1, 0.15) is 12.4 Å². The number of hydrogen-bond acceptors (Lipinski definition) is 5. The summed E-state index contributed by atoms with van der Waals surface area (Å²) in [5.41, 5.74) is 1.14. The lowest BCUT2D eigenvalue weighted by atomic mass is 9.82. The molecule has 2 bridgehead atoms. The molecule has 1 saturated carbocycles. The number of amides is 2. The molecule has 4 aliphatic rings. The Bertz CT molecular complexity index is 923. The van der Waals surface area contributed by atoms with Crippen LogP contribution in [0.4, 0.5) is 0 Å². The topological polar surface area (TPSA) is 65.1 Å². The Labute approximate surface area is 209 Å². The average Bonchev–Trinajstić information content (AvgIpc) is 3.67. The van der Waals surface area contributed by atoms with Crippen molar-refractivity contribution in [1.29, 1.82) is 0 Å². The zero-order valence-electron chi connectivity index (χ0n) is 21.0. The number of carbonyl (C=O) groups is 2. The highest BCUT2D eigenvalue weighted by Gasteiger charge is 2.34. The summed E-state index contributed by atoms with van der Waals surface area (Å²) in [5, 5.41) is 3.14. The summed E-state index contributed by atoms with van der Waals surface area (Å²) in [5.74, 6) is 1.70. The molecule has 7 heteroatoms. The zero-order valence-corrected chi connectivity index (χ0v) is 21.0. The minimum Gasteiger partial charge on any atom is -0.489 e. The molecule has 35 heavy (non-hydrogen) atoms. The van der Waals surface area contributed by atoms with Gasteiger partial charge >= 0.3 is 0 Å². The monoisotopic (exact) mass is 480 g/mol. The van der Waals surface area contributed by atoms with Gasteiger partial charge in [-0.2, -0.15) is 0 Å². The molecule has 1 aliphatic carbocycles. The summed E-state index contributed by atoms with van der Waals surface area (Å²) in [6, 6.07) is 9.00. The van der Waals surface area contributed by atoms with E-state index in [2.05, 4.69) is 46.4 Å². The van der Waals surface area contributed by atoms with Gasteiger partial charge in [-0.25, -0.2) is 0 Å². The molecule has 1 N–H and O–H groups in total. The van der Waals surface area contributed by atoms with E-state index in [1.165, 1.54) is 0 Å². The van der Waals surface area contributed by atoms with Gasteiger partial charge in [0.2, 0.25) is 11.8 Å². The maximum absolute atomic E-state index is 13.6. The molecule has 5 rings (SSSR count). The molecule has 3 heterocycles. The van der Waals surface area contributed by atoms with E-state index in [9.17, 15) is 9.59 Å². The molecular formula is C28H40N4O3. The van der Waals surface area contributed by atoms with E-state index >= 15 is 0 Å². The van der Waals surface area contributed by atoms with E-state index in [0.29, 0.717) is 38.2 Å². The van der Waals surface area contributed by atoms with Gasteiger partial charge in [0.05, 0.1) is 6.54 Å². The summed E-state index contributed by atoms with van der Waals surface area (Å²) in [6.45, 7) is 5.20. The van der Waals surface area contributed by atoms with Crippen molar-refractivity contribution in [3.05, 3.63) is 42.0 Å². The zero-order chi connectivity index (χ0) is 24.2. The first-order valence-electron chi connectivity index (χ1n) is 13.4. The minimum atomic E-state index is 0.159. The molecule has 1 aromatic carbocycles. The fourth-order valence-corrected chi connectivity index (χ4v) is 5.79. The van der Waals surface area contributed by atoms with Crippen LogP contribution in [0.25, 0.3) is 0 Å². The smallest absolute Gasteiger partial charge is 0.236 e. The molecule has 0 unspecified atom stereocenters. The normalized spacial score (nSPS) is 28.1. The Hall–Kier alpha value is -2.38. The summed E-state index contributed by atoms with van der Waals surface area (Å²) < 4.78 is 6.20. The van der Waals surface area contributed by atoms with Crippen molar-refractivity contribution in [2.24, 2.45) is 11.8 Å². The molecule has 2 saturated heterocycles. The van der Waals surface area contributed by atoms with Gasteiger partial charge in [-0.3, -0.25) is 14.5 Å². The molecule has 3 fully saturated rings. The van der Waals surface area contributed by atoms with E-state index < -0.39 is 0 Å². The number of rotatable bonds is 4. The van der Waals surface area contributed by atoms with Crippen molar-refractivity contribution >= 4 is 11.8 Å². The molecule has 2 amide bonds. The lowest BCUT2D eigenvalue weighted by Gasteiger charge is -2.40. The van der Waals surface area contributed by atoms with Crippen LogP contribution in [-0.4, -0.2) is 85.0 Å². The summed E-state index contributed by atoms with van der Waals surface area (Å²) in [7, 11) is 2.17. The van der Waals surface area contributed by atoms with Crippen LogP contribution in [0.2, 0.25) is 0 Å². The van der Waals surface area contributed by atoms with Gasteiger partial charge in [0.15, 0.2) is 0 Å². The SMILES string of the molecule is CN1CCC(N2CC(=O)N3CC[C@@H](CC(=O)NC4CC4)[C@@H](/C=C/COc4ccccc4C2)C3)CC1. The van der Waals surface area contributed by atoms with Gasteiger partial charge in [-0.15, -0.1) is 0 Å². The van der Waals surface area contributed by atoms with E-state index in [1.807, 2.05) is 17.0 Å². The summed E-state index contributed by atoms with van der Waals surface area (Å²) >= 11 is 0. The van der Waals surface area contributed by atoms with Gasteiger partial charge in [0, 0.05) is 43.7 Å². The Morgan fingerprint density at radius 2 is 1.86 bits per heavy atom. The maximum atomic E-state index is 13.6. The third-order valence-electron chi connectivity index (χ3n) is 8.16. The Morgan fingerprint density at radius 3 is 2.66 bits per heavy atom. The van der Waals surface area contributed by atoms with Crippen LogP contribution in [-0.2, 0) is 16.1 Å². The number of benzene rings is 1. The number of fused-ring (bicyclic) bond motifs is 3. The fraction of sp³-hybridized carbons (Fsp3) is 0.643. The van der Waals surface area contributed by atoms with E-state index in [1.54, 1.807) is 0 Å². The second-order valence-corrected chi connectivity index (χ2v) is 10.9. The van der Waals surface area contributed by atoms with Crippen molar-refractivity contribution in [3.63, 3.8) is 0 Å². The van der Waals surface area contributed by atoms with Crippen molar-refractivity contribution in [2.45, 2.75) is 57.2 Å². The van der Waals surface area contributed by atoms with Crippen LogP contribution in [0.15, 0.2) is 36.4 Å². The Kier molecular flexibility index (Phi) is 7.73. The average molecular weight is 481 g/mol. The molecule has 0 spiro atoms. The first-order valence-corrected chi connectivity index (χ1v) is 13.4. The van der Waals surface area contributed by atoms with Crippen LogP contribution in [0, 0.1) is 11.8 Å². The highest BCUT2D eigenvalue weighted by Crippen LogP contribution is 2.30. The predicted octanol–water partition coefficient (Wildman–Crippen LogP) is 2.66. The summed E-state index contributed by atoms with van der Waals surface area (Å²) in [4.78, 5) is 32.9.